The fraction of sp³-hybridized carbons (Fsp3) is 0.393. The number of benzene rings is 2. The van der Waals surface area contributed by atoms with Gasteiger partial charge in [-0.25, -0.2) is 4.79 Å². The van der Waals surface area contributed by atoms with Crippen LogP contribution in [0.25, 0.3) is 0 Å². The van der Waals surface area contributed by atoms with Crippen molar-refractivity contribution in [2.45, 2.75) is 52.8 Å². The number of nitrogens with two attached hydrogens (primary N) is 1. The SMILES string of the molecule is CC(C)C[C@H](NC(=O)OCc1ccccc1)C(=O)N[C@H](C(=O)NC(=O)COc1ccc(O)c(C(N)=O)c1)C(C)C. The lowest BCUT2D eigenvalue weighted by Gasteiger charge is -2.25. The van der Waals surface area contributed by atoms with E-state index in [-0.39, 0.29) is 36.0 Å². The molecule has 0 aliphatic heterocycles. The Kier molecular flexibility index (Phi) is 11.9. The van der Waals surface area contributed by atoms with Crippen LogP contribution in [-0.2, 0) is 25.7 Å². The predicted molar refractivity (Wildman–Crippen MR) is 145 cm³/mol. The molecule has 2 aromatic rings. The molecule has 0 radical (unpaired) electrons. The summed E-state index contributed by atoms with van der Waals surface area (Å²) >= 11 is 0. The number of alkyl carbamates (subject to hydrolysis) is 1. The monoisotopic (exact) mass is 556 g/mol. The number of rotatable bonds is 13. The van der Waals surface area contributed by atoms with Gasteiger partial charge in [-0.3, -0.25) is 24.5 Å². The molecule has 0 saturated heterocycles. The zero-order valence-electron chi connectivity index (χ0n) is 22.9. The van der Waals surface area contributed by atoms with Crippen LogP contribution in [0.4, 0.5) is 4.79 Å². The van der Waals surface area contributed by atoms with Crippen LogP contribution in [0.5, 0.6) is 11.5 Å². The van der Waals surface area contributed by atoms with E-state index in [1.807, 2.05) is 32.0 Å². The molecule has 2 aromatic carbocycles. The highest BCUT2D eigenvalue weighted by atomic mass is 16.5. The summed E-state index contributed by atoms with van der Waals surface area (Å²) in [5.74, 6) is -3.70. The van der Waals surface area contributed by atoms with Gasteiger partial charge in [0.2, 0.25) is 11.8 Å². The van der Waals surface area contributed by atoms with Crippen LogP contribution >= 0.6 is 0 Å². The summed E-state index contributed by atoms with van der Waals surface area (Å²) in [4.78, 5) is 62.0. The van der Waals surface area contributed by atoms with Gasteiger partial charge in [0.05, 0.1) is 5.56 Å². The van der Waals surface area contributed by atoms with Crippen molar-refractivity contribution in [1.82, 2.24) is 16.0 Å². The van der Waals surface area contributed by atoms with Crippen LogP contribution in [0.15, 0.2) is 48.5 Å². The number of nitrogens with one attached hydrogen (secondary N) is 3. The Morgan fingerprint density at radius 2 is 1.60 bits per heavy atom. The normalized spacial score (nSPS) is 12.2. The molecule has 12 heteroatoms. The first-order chi connectivity index (χ1) is 18.9. The summed E-state index contributed by atoms with van der Waals surface area (Å²) in [6, 6.07) is 10.7. The molecule has 0 spiro atoms. The van der Waals surface area contributed by atoms with Crippen LogP contribution in [-0.4, -0.2) is 53.5 Å². The zero-order valence-corrected chi connectivity index (χ0v) is 22.9. The van der Waals surface area contributed by atoms with Crippen LogP contribution in [0.2, 0.25) is 0 Å². The van der Waals surface area contributed by atoms with Crippen molar-refractivity contribution in [3.8, 4) is 11.5 Å². The molecule has 216 valence electrons. The second kappa shape index (κ2) is 15.1. The zero-order chi connectivity index (χ0) is 29.8. The maximum absolute atomic E-state index is 13.1. The lowest BCUT2D eigenvalue weighted by atomic mass is 10.00. The maximum Gasteiger partial charge on any atom is 0.408 e. The molecule has 0 aromatic heterocycles. The number of hydrogen-bond donors (Lipinski definition) is 5. The van der Waals surface area contributed by atoms with Crippen molar-refractivity contribution in [3.05, 3.63) is 59.7 Å². The van der Waals surface area contributed by atoms with Crippen LogP contribution in [0.3, 0.4) is 0 Å². The molecular weight excluding hydrogens is 520 g/mol. The third-order valence-corrected chi connectivity index (χ3v) is 5.64. The fourth-order valence-electron chi connectivity index (χ4n) is 3.60. The molecule has 6 N–H and O–H groups in total. The maximum atomic E-state index is 13.1. The summed E-state index contributed by atoms with van der Waals surface area (Å²) in [7, 11) is 0. The number of carbonyl (C=O) groups is 5. The molecular formula is C28H36N4O8. The fourth-order valence-corrected chi connectivity index (χ4v) is 3.60. The number of imide groups is 1. The number of hydrogen-bond acceptors (Lipinski definition) is 8. The molecule has 0 fully saturated rings. The average molecular weight is 557 g/mol. The smallest absolute Gasteiger partial charge is 0.408 e. The van der Waals surface area contributed by atoms with E-state index in [1.165, 1.54) is 12.1 Å². The number of carbonyl (C=O) groups excluding carboxylic acids is 5. The lowest BCUT2D eigenvalue weighted by Crippen LogP contribution is -2.56. The Labute approximate surface area is 232 Å². The van der Waals surface area contributed by atoms with Gasteiger partial charge in [0.15, 0.2) is 6.61 Å². The van der Waals surface area contributed by atoms with Crippen LogP contribution < -0.4 is 26.4 Å². The first kappa shape index (κ1) is 31.6. The van der Waals surface area contributed by atoms with E-state index in [0.29, 0.717) is 0 Å². The third-order valence-electron chi connectivity index (χ3n) is 5.64. The standard InChI is InChI=1S/C28H36N4O8/c1-16(2)12-21(30-28(38)40-14-18-8-6-5-7-9-18)26(36)32-24(17(3)4)27(37)31-23(34)15-39-19-10-11-22(33)20(13-19)25(29)35/h5-11,13,16-17,21,24,33H,12,14-15H2,1-4H3,(H2,29,35)(H,30,38)(H,32,36)(H,31,34,37)/t21-,24-/m0/s1. The second-order valence-corrected chi connectivity index (χ2v) is 9.86. The minimum Gasteiger partial charge on any atom is -0.507 e. The van der Waals surface area contributed by atoms with E-state index in [4.69, 9.17) is 15.2 Å². The van der Waals surface area contributed by atoms with Gasteiger partial charge in [-0.05, 0) is 42.0 Å². The van der Waals surface area contributed by atoms with E-state index < -0.39 is 54.3 Å². The number of phenols is 1. The van der Waals surface area contributed by atoms with E-state index in [9.17, 15) is 29.1 Å². The highest BCUT2D eigenvalue weighted by Gasteiger charge is 2.30. The van der Waals surface area contributed by atoms with Gasteiger partial charge in [0.1, 0.15) is 30.2 Å². The molecule has 12 nitrogen and oxygen atoms in total. The van der Waals surface area contributed by atoms with Gasteiger partial charge in [-0.2, -0.15) is 0 Å². The Morgan fingerprint density at radius 1 is 0.925 bits per heavy atom. The molecule has 5 amide bonds. The molecule has 0 bridgehead atoms. The highest BCUT2D eigenvalue weighted by molar-refractivity contribution is 6.00. The molecule has 2 rings (SSSR count). The topological polar surface area (TPSA) is 186 Å². The van der Waals surface area contributed by atoms with Gasteiger partial charge in [0.25, 0.3) is 11.8 Å². The predicted octanol–water partition coefficient (Wildman–Crippen LogP) is 1.99. The molecule has 0 unspecified atom stereocenters. The van der Waals surface area contributed by atoms with E-state index in [2.05, 4.69) is 16.0 Å². The Hall–Kier alpha value is -4.61. The Balaban J connectivity index is 1.97. The Morgan fingerprint density at radius 3 is 2.20 bits per heavy atom. The summed E-state index contributed by atoms with van der Waals surface area (Å²) < 4.78 is 10.5. The summed E-state index contributed by atoms with van der Waals surface area (Å²) in [6.45, 7) is 6.57. The van der Waals surface area contributed by atoms with E-state index in [1.54, 1.807) is 26.0 Å². The minimum absolute atomic E-state index is 0.0257. The number of amides is 5. The van der Waals surface area contributed by atoms with E-state index >= 15 is 0 Å². The third kappa shape index (κ3) is 10.3. The minimum atomic E-state index is -1.09. The second-order valence-electron chi connectivity index (χ2n) is 9.86. The average Bonchev–Trinajstić information content (AvgIpc) is 2.89. The molecule has 0 aliphatic carbocycles. The van der Waals surface area contributed by atoms with Crippen LogP contribution in [0, 0.1) is 11.8 Å². The Bertz CT molecular complexity index is 1200. The van der Waals surface area contributed by atoms with Gasteiger partial charge in [-0.15, -0.1) is 0 Å². The largest absolute Gasteiger partial charge is 0.507 e. The quantitative estimate of drug-likeness (QED) is 0.248. The molecule has 2 atom stereocenters. The van der Waals surface area contributed by atoms with Crippen molar-refractivity contribution in [3.63, 3.8) is 0 Å². The van der Waals surface area contributed by atoms with Crippen molar-refractivity contribution in [2.75, 3.05) is 6.61 Å². The molecule has 0 saturated carbocycles. The number of aromatic hydroxyl groups is 1. The summed E-state index contributed by atoms with van der Waals surface area (Å²) in [5.41, 5.74) is 5.77. The van der Waals surface area contributed by atoms with Gasteiger partial charge in [-0.1, -0.05) is 58.0 Å². The van der Waals surface area contributed by atoms with Crippen molar-refractivity contribution >= 4 is 29.7 Å². The first-order valence-corrected chi connectivity index (χ1v) is 12.7. The van der Waals surface area contributed by atoms with Gasteiger partial charge in [0, 0.05) is 0 Å². The molecule has 0 heterocycles. The van der Waals surface area contributed by atoms with Crippen molar-refractivity contribution < 1.29 is 38.6 Å². The lowest BCUT2D eigenvalue weighted by molar-refractivity contribution is -0.136. The molecule has 0 aliphatic rings. The van der Waals surface area contributed by atoms with E-state index in [0.717, 1.165) is 11.6 Å². The number of primary amides is 1. The van der Waals surface area contributed by atoms with Gasteiger partial charge >= 0.3 is 6.09 Å². The van der Waals surface area contributed by atoms with Crippen LogP contribution in [0.1, 0.15) is 50.0 Å². The number of ether oxygens (including phenoxy) is 2. The summed E-state index contributed by atoms with van der Waals surface area (Å²) in [5, 5.41) is 17.0. The molecule has 40 heavy (non-hydrogen) atoms. The van der Waals surface area contributed by atoms with Crippen molar-refractivity contribution in [1.29, 1.82) is 0 Å². The van der Waals surface area contributed by atoms with Crippen molar-refractivity contribution in [2.24, 2.45) is 17.6 Å². The van der Waals surface area contributed by atoms with Gasteiger partial charge < -0.3 is 30.9 Å². The first-order valence-electron chi connectivity index (χ1n) is 12.7. The summed E-state index contributed by atoms with van der Waals surface area (Å²) in [6.07, 6.45) is -0.498. The highest BCUT2D eigenvalue weighted by Crippen LogP contribution is 2.22.